The van der Waals surface area contributed by atoms with Crippen molar-refractivity contribution in [2.24, 2.45) is 0 Å². The van der Waals surface area contributed by atoms with Crippen LogP contribution in [0.2, 0.25) is 0 Å². The normalized spacial score (nSPS) is 11.4. The van der Waals surface area contributed by atoms with E-state index in [1.165, 1.54) is 27.8 Å². The molecule has 7 heteroatoms. The number of nitrogens with one attached hydrogen (secondary N) is 1. The molecule has 3 rings (SSSR count). The Labute approximate surface area is 174 Å². The fraction of sp³-hybridized carbons (Fsp3) is 0.381. The van der Waals surface area contributed by atoms with Gasteiger partial charge in [-0.25, -0.2) is 9.97 Å². The van der Waals surface area contributed by atoms with Crippen molar-refractivity contribution in [1.29, 1.82) is 0 Å². The fourth-order valence-corrected chi connectivity index (χ4v) is 5.12. The maximum Gasteiger partial charge on any atom is 0.230 e. The molecule has 1 aromatic carbocycles. The van der Waals surface area contributed by atoms with E-state index in [-0.39, 0.29) is 5.91 Å². The van der Waals surface area contributed by atoms with Crippen LogP contribution in [0.5, 0.6) is 0 Å². The minimum absolute atomic E-state index is 0.0127. The van der Waals surface area contributed by atoms with Crippen molar-refractivity contribution < 1.29 is 4.79 Å². The SMILES string of the molecule is Cc1nc(SCC(=O)NCc2ccccc2CN(C)C)c2c(C)c(C)sc2n1. The molecule has 2 heterocycles. The lowest BCUT2D eigenvalue weighted by molar-refractivity contribution is -0.118. The number of rotatable bonds is 7. The molecule has 2 aromatic heterocycles. The standard InChI is InChI=1S/C21H26N4OS2/c1-13-14(2)28-21-19(13)20(23-15(3)24-21)27-12-18(26)22-10-16-8-6-7-9-17(16)11-25(4)5/h6-9H,10-12H2,1-5H3,(H,22,26). The average molecular weight is 415 g/mol. The molecule has 148 valence electrons. The Morgan fingerprint density at radius 3 is 2.57 bits per heavy atom. The highest BCUT2D eigenvalue weighted by Gasteiger charge is 2.15. The van der Waals surface area contributed by atoms with E-state index in [1.807, 2.05) is 33.2 Å². The Bertz CT molecular complexity index is 997. The number of benzene rings is 1. The lowest BCUT2D eigenvalue weighted by Crippen LogP contribution is -2.25. The van der Waals surface area contributed by atoms with E-state index >= 15 is 0 Å². The van der Waals surface area contributed by atoms with Gasteiger partial charge in [0.2, 0.25) is 5.91 Å². The van der Waals surface area contributed by atoms with Gasteiger partial charge in [0, 0.05) is 23.4 Å². The van der Waals surface area contributed by atoms with E-state index in [9.17, 15) is 4.79 Å². The second-order valence-corrected chi connectivity index (χ2v) is 9.28. The molecule has 0 spiro atoms. The first-order valence-electron chi connectivity index (χ1n) is 9.20. The van der Waals surface area contributed by atoms with Crippen molar-refractivity contribution in [3.63, 3.8) is 0 Å². The molecule has 0 aliphatic rings. The van der Waals surface area contributed by atoms with Crippen molar-refractivity contribution >= 4 is 39.2 Å². The first-order chi connectivity index (χ1) is 13.3. The molecular formula is C21H26N4OS2. The Hall–Kier alpha value is -1.96. The van der Waals surface area contributed by atoms with Gasteiger partial charge in [0.1, 0.15) is 15.7 Å². The summed E-state index contributed by atoms with van der Waals surface area (Å²) >= 11 is 3.17. The number of hydrogen-bond acceptors (Lipinski definition) is 6. The number of thioether (sulfide) groups is 1. The minimum Gasteiger partial charge on any atom is -0.351 e. The van der Waals surface area contributed by atoms with Gasteiger partial charge in [0.05, 0.1) is 5.75 Å². The van der Waals surface area contributed by atoms with Gasteiger partial charge in [-0.05, 0) is 51.6 Å². The zero-order chi connectivity index (χ0) is 20.3. The summed E-state index contributed by atoms with van der Waals surface area (Å²) in [6.45, 7) is 7.49. The quantitative estimate of drug-likeness (QED) is 0.466. The Morgan fingerprint density at radius 2 is 1.86 bits per heavy atom. The predicted molar refractivity (Wildman–Crippen MR) is 118 cm³/mol. The number of thiophene rings is 1. The molecule has 5 nitrogen and oxygen atoms in total. The van der Waals surface area contributed by atoms with Crippen LogP contribution >= 0.6 is 23.1 Å². The number of carbonyl (C=O) groups excluding carboxylic acids is 1. The molecule has 0 bridgehead atoms. The Kier molecular flexibility index (Phi) is 6.69. The lowest BCUT2D eigenvalue weighted by Gasteiger charge is -2.14. The van der Waals surface area contributed by atoms with E-state index in [0.29, 0.717) is 12.3 Å². The molecule has 1 N–H and O–H groups in total. The number of aromatic nitrogens is 2. The molecule has 0 saturated heterocycles. The number of fused-ring (bicyclic) bond motifs is 1. The second kappa shape index (κ2) is 9.03. The highest BCUT2D eigenvalue weighted by atomic mass is 32.2. The fourth-order valence-electron chi connectivity index (χ4n) is 3.02. The topological polar surface area (TPSA) is 58.1 Å². The average Bonchev–Trinajstić information content (AvgIpc) is 2.92. The Balaban J connectivity index is 1.65. The molecule has 1 amide bonds. The predicted octanol–water partition coefficient (Wildman–Crippen LogP) is 4.09. The summed E-state index contributed by atoms with van der Waals surface area (Å²) in [6, 6.07) is 8.23. The minimum atomic E-state index is 0.0127. The summed E-state index contributed by atoms with van der Waals surface area (Å²) in [4.78, 5) is 26.0. The lowest BCUT2D eigenvalue weighted by atomic mass is 10.1. The molecule has 0 aliphatic carbocycles. The van der Waals surface area contributed by atoms with Crippen LogP contribution < -0.4 is 5.32 Å². The van der Waals surface area contributed by atoms with E-state index < -0.39 is 0 Å². The molecule has 0 unspecified atom stereocenters. The molecule has 3 aromatic rings. The molecule has 0 radical (unpaired) electrons. The van der Waals surface area contributed by atoms with Gasteiger partial charge in [-0.15, -0.1) is 11.3 Å². The van der Waals surface area contributed by atoms with Crippen LogP contribution in [0.25, 0.3) is 10.2 Å². The highest BCUT2D eigenvalue weighted by Crippen LogP contribution is 2.34. The van der Waals surface area contributed by atoms with Crippen LogP contribution in [0.1, 0.15) is 27.4 Å². The van der Waals surface area contributed by atoms with E-state index in [0.717, 1.165) is 33.2 Å². The zero-order valence-electron chi connectivity index (χ0n) is 17.0. The van der Waals surface area contributed by atoms with Crippen molar-refractivity contribution in [3.8, 4) is 0 Å². The largest absolute Gasteiger partial charge is 0.351 e. The van der Waals surface area contributed by atoms with Crippen molar-refractivity contribution in [3.05, 3.63) is 51.7 Å². The van der Waals surface area contributed by atoms with Crippen molar-refractivity contribution in [1.82, 2.24) is 20.2 Å². The monoisotopic (exact) mass is 414 g/mol. The molecule has 0 atom stereocenters. The molecule has 0 aliphatic heterocycles. The number of amides is 1. The van der Waals surface area contributed by atoms with E-state index in [2.05, 4.69) is 46.2 Å². The van der Waals surface area contributed by atoms with Gasteiger partial charge < -0.3 is 10.2 Å². The maximum atomic E-state index is 12.5. The molecule has 0 fully saturated rings. The third-order valence-corrected chi connectivity index (χ3v) is 6.60. The van der Waals surface area contributed by atoms with Crippen LogP contribution in [-0.4, -0.2) is 40.6 Å². The summed E-state index contributed by atoms with van der Waals surface area (Å²) in [5.74, 6) is 1.10. The number of aryl methyl sites for hydroxylation is 3. The van der Waals surface area contributed by atoms with E-state index in [4.69, 9.17) is 0 Å². The second-order valence-electron chi connectivity index (χ2n) is 7.11. The summed E-state index contributed by atoms with van der Waals surface area (Å²) in [7, 11) is 4.09. The summed E-state index contributed by atoms with van der Waals surface area (Å²) in [6.07, 6.45) is 0. The van der Waals surface area contributed by atoms with Gasteiger partial charge in [-0.1, -0.05) is 36.0 Å². The van der Waals surface area contributed by atoms with Crippen LogP contribution in [0, 0.1) is 20.8 Å². The molecule has 28 heavy (non-hydrogen) atoms. The van der Waals surface area contributed by atoms with Gasteiger partial charge in [0.15, 0.2) is 0 Å². The van der Waals surface area contributed by atoms with Gasteiger partial charge in [0.25, 0.3) is 0 Å². The van der Waals surface area contributed by atoms with Crippen molar-refractivity contribution in [2.75, 3.05) is 19.8 Å². The highest BCUT2D eigenvalue weighted by molar-refractivity contribution is 8.00. The smallest absolute Gasteiger partial charge is 0.230 e. The van der Waals surface area contributed by atoms with Gasteiger partial charge >= 0.3 is 0 Å². The third kappa shape index (κ3) is 4.90. The molecule has 0 saturated carbocycles. The van der Waals surface area contributed by atoms with Crippen LogP contribution in [0.4, 0.5) is 0 Å². The number of nitrogens with zero attached hydrogens (tertiary/aromatic N) is 3. The van der Waals surface area contributed by atoms with Gasteiger partial charge in [-0.3, -0.25) is 4.79 Å². The maximum absolute atomic E-state index is 12.5. The number of hydrogen-bond donors (Lipinski definition) is 1. The van der Waals surface area contributed by atoms with E-state index in [1.54, 1.807) is 11.3 Å². The number of carbonyl (C=O) groups is 1. The molecular weight excluding hydrogens is 388 g/mol. The Morgan fingerprint density at radius 1 is 1.14 bits per heavy atom. The first kappa shape index (κ1) is 20.8. The van der Waals surface area contributed by atoms with Gasteiger partial charge in [-0.2, -0.15) is 0 Å². The summed E-state index contributed by atoms with van der Waals surface area (Å²) < 4.78 is 0. The third-order valence-electron chi connectivity index (χ3n) is 4.53. The summed E-state index contributed by atoms with van der Waals surface area (Å²) in [5.41, 5.74) is 3.60. The van der Waals surface area contributed by atoms with Crippen molar-refractivity contribution in [2.45, 2.75) is 38.9 Å². The van der Waals surface area contributed by atoms with Crippen LogP contribution in [-0.2, 0) is 17.9 Å². The van der Waals surface area contributed by atoms with Crippen LogP contribution in [0.3, 0.4) is 0 Å². The van der Waals surface area contributed by atoms with Crippen LogP contribution in [0.15, 0.2) is 29.3 Å². The zero-order valence-corrected chi connectivity index (χ0v) is 18.6. The summed E-state index contributed by atoms with van der Waals surface area (Å²) in [5, 5.41) is 5.03. The first-order valence-corrected chi connectivity index (χ1v) is 11.0.